The zero-order valence-corrected chi connectivity index (χ0v) is 13.0. The molecule has 4 aromatic rings. The standard InChI is InChI=1S/C22H15NO/c24-22(21-11-5-6-14-23-21)20-10-4-3-9-19(20)18-13-12-16-7-1-2-8-17(16)15-18/h1-15H. The summed E-state index contributed by atoms with van der Waals surface area (Å²) in [5, 5.41) is 2.35. The van der Waals surface area contributed by atoms with Gasteiger partial charge < -0.3 is 0 Å². The largest absolute Gasteiger partial charge is 0.287 e. The van der Waals surface area contributed by atoms with E-state index in [1.54, 1.807) is 12.3 Å². The molecule has 0 saturated heterocycles. The van der Waals surface area contributed by atoms with Crippen LogP contribution < -0.4 is 0 Å². The molecule has 0 bridgehead atoms. The Kier molecular flexibility index (Phi) is 3.64. The lowest BCUT2D eigenvalue weighted by atomic mass is 9.94. The smallest absolute Gasteiger partial charge is 0.211 e. The third kappa shape index (κ3) is 2.59. The Labute approximate surface area is 140 Å². The molecule has 0 aliphatic rings. The van der Waals surface area contributed by atoms with E-state index in [1.165, 1.54) is 5.39 Å². The van der Waals surface area contributed by atoms with Gasteiger partial charge >= 0.3 is 0 Å². The van der Waals surface area contributed by atoms with E-state index in [0.717, 1.165) is 16.5 Å². The fraction of sp³-hybridized carbons (Fsp3) is 0. The number of fused-ring (bicyclic) bond motifs is 1. The van der Waals surface area contributed by atoms with Crippen LogP contribution >= 0.6 is 0 Å². The molecule has 2 nitrogen and oxygen atoms in total. The highest BCUT2D eigenvalue weighted by Crippen LogP contribution is 2.28. The summed E-state index contributed by atoms with van der Waals surface area (Å²) in [6.45, 7) is 0. The topological polar surface area (TPSA) is 30.0 Å². The number of rotatable bonds is 3. The second-order valence-corrected chi connectivity index (χ2v) is 5.65. The van der Waals surface area contributed by atoms with E-state index in [9.17, 15) is 4.79 Å². The number of nitrogens with zero attached hydrogens (tertiary/aromatic N) is 1. The molecule has 24 heavy (non-hydrogen) atoms. The highest BCUT2D eigenvalue weighted by atomic mass is 16.1. The summed E-state index contributed by atoms with van der Waals surface area (Å²) < 4.78 is 0. The van der Waals surface area contributed by atoms with E-state index in [1.807, 2.05) is 48.5 Å². The van der Waals surface area contributed by atoms with Gasteiger partial charge in [0.15, 0.2) is 0 Å². The summed E-state index contributed by atoms with van der Waals surface area (Å²) >= 11 is 0. The predicted molar refractivity (Wildman–Crippen MR) is 97.1 cm³/mol. The first-order valence-electron chi connectivity index (χ1n) is 7.87. The second kappa shape index (κ2) is 6.09. The monoisotopic (exact) mass is 309 g/mol. The Bertz CT molecular complexity index is 1020. The molecule has 0 radical (unpaired) electrons. The Hall–Kier alpha value is -3.26. The van der Waals surface area contributed by atoms with Gasteiger partial charge in [-0.3, -0.25) is 9.78 Å². The van der Waals surface area contributed by atoms with Gasteiger partial charge in [-0.25, -0.2) is 0 Å². The van der Waals surface area contributed by atoms with Crippen molar-refractivity contribution >= 4 is 16.6 Å². The van der Waals surface area contributed by atoms with E-state index < -0.39 is 0 Å². The van der Waals surface area contributed by atoms with Gasteiger partial charge in [0.1, 0.15) is 5.69 Å². The number of carbonyl (C=O) groups excluding carboxylic acids is 1. The predicted octanol–water partition coefficient (Wildman–Crippen LogP) is 5.13. The molecule has 3 aromatic carbocycles. The Morgan fingerprint density at radius 1 is 0.708 bits per heavy atom. The zero-order valence-electron chi connectivity index (χ0n) is 13.0. The maximum atomic E-state index is 12.8. The maximum Gasteiger partial charge on any atom is 0.211 e. The molecule has 0 fully saturated rings. The van der Waals surface area contributed by atoms with Crippen molar-refractivity contribution in [1.29, 1.82) is 0 Å². The van der Waals surface area contributed by atoms with Gasteiger partial charge in [-0.05, 0) is 40.1 Å². The molecule has 1 aromatic heterocycles. The van der Waals surface area contributed by atoms with E-state index in [2.05, 4.69) is 35.3 Å². The van der Waals surface area contributed by atoms with Crippen molar-refractivity contribution in [3.05, 3.63) is 102 Å². The van der Waals surface area contributed by atoms with E-state index in [0.29, 0.717) is 11.3 Å². The first kappa shape index (κ1) is 14.3. The summed E-state index contributed by atoms with van der Waals surface area (Å²) in [7, 11) is 0. The van der Waals surface area contributed by atoms with Crippen LogP contribution in [0, 0.1) is 0 Å². The third-order valence-electron chi connectivity index (χ3n) is 4.13. The third-order valence-corrected chi connectivity index (χ3v) is 4.13. The number of benzene rings is 3. The Morgan fingerprint density at radius 2 is 1.46 bits per heavy atom. The molecule has 1 heterocycles. The minimum Gasteiger partial charge on any atom is -0.287 e. The maximum absolute atomic E-state index is 12.8. The van der Waals surface area contributed by atoms with Crippen LogP contribution in [0.3, 0.4) is 0 Å². The van der Waals surface area contributed by atoms with Crippen LogP contribution in [-0.2, 0) is 0 Å². The lowest BCUT2D eigenvalue weighted by Gasteiger charge is -2.10. The first-order chi connectivity index (χ1) is 11.8. The lowest BCUT2D eigenvalue weighted by Crippen LogP contribution is -2.05. The Balaban J connectivity index is 1.85. The molecule has 0 spiro atoms. The van der Waals surface area contributed by atoms with Gasteiger partial charge in [-0.15, -0.1) is 0 Å². The van der Waals surface area contributed by atoms with Crippen molar-refractivity contribution in [3.8, 4) is 11.1 Å². The quantitative estimate of drug-likeness (QED) is 0.491. The highest BCUT2D eigenvalue weighted by Gasteiger charge is 2.15. The molecule has 0 N–H and O–H groups in total. The molecular weight excluding hydrogens is 294 g/mol. The van der Waals surface area contributed by atoms with Crippen molar-refractivity contribution in [2.45, 2.75) is 0 Å². The molecule has 0 aliphatic heterocycles. The minimum absolute atomic E-state index is 0.0561. The van der Waals surface area contributed by atoms with Crippen LogP contribution in [0.25, 0.3) is 21.9 Å². The van der Waals surface area contributed by atoms with Gasteiger partial charge in [0.05, 0.1) is 0 Å². The molecule has 4 rings (SSSR count). The van der Waals surface area contributed by atoms with E-state index in [-0.39, 0.29) is 5.78 Å². The summed E-state index contributed by atoms with van der Waals surface area (Å²) in [5.74, 6) is -0.0561. The number of aromatic nitrogens is 1. The van der Waals surface area contributed by atoms with Crippen molar-refractivity contribution in [3.63, 3.8) is 0 Å². The second-order valence-electron chi connectivity index (χ2n) is 5.65. The number of hydrogen-bond acceptors (Lipinski definition) is 2. The van der Waals surface area contributed by atoms with Crippen molar-refractivity contribution in [2.24, 2.45) is 0 Å². The van der Waals surface area contributed by atoms with E-state index >= 15 is 0 Å². The molecule has 0 aliphatic carbocycles. The molecule has 114 valence electrons. The summed E-state index contributed by atoms with van der Waals surface area (Å²) in [6, 6.07) is 27.6. The molecule has 0 atom stereocenters. The fourth-order valence-electron chi connectivity index (χ4n) is 2.92. The van der Waals surface area contributed by atoms with Crippen LogP contribution in [0.15, 0.2) is 91.1 Å². The first-order valence-corrected chi connectivity index (χ1v) is 7.87. The van der Waals surface area contributed by atoms with Crippen LogP contribution in [0.5, 0.6) is 0 Å². The molecule has 0 amide bonds. The molecule has 2 heteroatoms. The normalized spacial score (nSPS) is 10.7. The van der Waals surface area contributed by atoms with Crippen molar-refractivity contribution in [1.82, 2.24) is 4.98 Å². The van der Waals surface area contributed by atoms with Crippen LogP contribution in [0.4, 0.5) is 0 Å². The lowest BCUT2D eigenvalue weighted by molar-refractivity contribution is 0.103. The highest BCUT2D eigenvalue weighted by molar-refractivity contribution is 6.12. The molecule has 0 saturated carbocycles. The number of carbonyl (C=O) groups is 1. The summed E-state index contributed by atoms with van der Waals surface area (Å²) in [4.78, 5) is 17.0. The number of pyridine rings is 1. The molecular formula is C22H15NO. The Morgan fingerprint density at radius 3 is 2.29 bits per heavy atom. The number of ketones is 1. The SMILES string of the molecule is O=C(c1ccccn1)c1ccccc1-c1ccc2ccccc2c1. The summed E-state index contributed by atoms with van der Waals surface area (Å²) in [5.41, 5.74) is 3.10. The van der Waals surface area contributed by atoms with E-state index in [4.69, 9.17) is 0 Å². The van der Waals surface area contributed by atoms with Crippen molar-refractivity contribution in [2.75, 3.05) is 0 Å². The average molecular weight is 309 g/mol. The number of hydrogen-bond donors (Lipinski definition) is 0. The van der Waals surface area contributed by atoms with Crippen molar-refractivity contribution < 1.29 is 4.79 Å². The van der Waals surface area contributed by atoms with Gasteiger partial charge in [0.2, 0.25) is 5.78 Å². The van der Waals surface area contributed by atoms with Gasteiger partial charge in [-0.1, -0.05) is 66.7 Å². The molecule has 0 unspecified atom stereocenters. The van der Waals surface area contributed by atoms with Crippen LogP contribution in [-0.4, -0.2) is 10.8 Å². The van der Waals surface area contributed by atoms with Gasteiger partial charge in [0.25, 0.3) is 0 Å². The minimum atomic E-state index is -0.0561. The fourth-order valence-corrected chi connectivity index (χ4v) is 2.92. The van der Waals surface area contributed by atoms with Gasteiger partial charge in [0, 0.05) is 11.8 Å². The van der Waals surface area contributed by atoms with Gasteiger partial charge in [-0.2, -0.15) is 0 Å². The average Bonchev–Trinajstić information content (AvgIpc) is 2.68. The van der Waals surface area contributed by atoms with Crippen LogP contribution in [0.2, 0.25) is 0 Å². The van der Waals surface area contributed by atoms with Crippen LogP contribution in [0.1, 0.15) is 16.1 Å². The summed E-state index contributed by atoms with van der Waals surface area (Å²) in [6.07, 6.45) is 1.64. The zero-order chi connectivity index (χ0) is 16.4.